The number of halogens is 1. The average molecular weight is 275 g/mol. The van der Waals surface area contributed by atoms with Crippen LogP contribution in [0, 0.1) is 0 Å². The van der Waals surface area contributed by atoms with E-state index < -0.39 is 12.2 Å². The number of nitrogen functional groups attached to an aromatic ring is 1. The number of carbonyl (C=O) groups excluding carboxylic acids is 1. The first kappa shape index (κ1) is 14.6. The topological polar surface area (TPSA) is 121 Å². The first-order valence-electron chi connectivity index (χ1n) is 5.30. The molecular formula is C10H15ClN4O3. The van der Waals surface area contributed by atoms with Gasteiger partial charge in [0.15, 0.2) is 5.15 Å². The van der Waals surface area contributed by atoms with E-state index in [1.807, 2.05) is 0 Å². The normalized spacial score (nSPS) is 14.0. The molecule has 0 aromatic carbocycles. The second-order valence-corrected chi connectivity index (χ2v) is 4.11. The number of rotatable bonds is 5. The van der Waals surface area contributed by atoms with Gasteiger partial charge in [-0.25, -0.2) is 4.98 Å². The maximum absolute atomic E-state index is 10.6. The van der Waals surface area contributed by atoms with Crippen molar-refractivity contribution in [3.05, 3.63) is 17.0 Å². The number of hydrogen-bond donors (Lipinski definition) is 4. The number of amides is 1. The van der Waals surface area contributed by atoms with Gasteiger partial charge in [-0.3, -0.25) is 9.78 Å². The second-order valence-electron chi connectivity index (χ2n) is 3.75. The largest absolute Gasteiger partial charge is 0.390 e. The highest BCUT2D eigenvalue weighted by atomic mass is 35.5. The fourth-order valence-corrected chi connectivity index (χ4v) is 1.58. The Bertz CT molecular complexity index is 430. The van der Waals surface area contributed by atoms with Crippen LogP contribution in [0.5, 0.6) is 0 Å². The van der Waals surface area contributed by atoms with Crippen LogP contribution in [0.25, 0.3) is 0 Å². The van der Waals surface area contributed by atoms with Gasteiger partial charge in [0, 0.05) is 13.5 Å². The molecule has 0 fully saturated rings. The molecule has 2 atom stereocenters. The summed E-state index contributed by atoms with van der Waals surface area (Å²) < 4.78 is 0. The van der Waals surface area contributed by atoms with Crippen LogP contribution in [0.4, 0.5) is 5.82 Å². The molecule has 0 aliphatic heterocycles. The minimum Gasteiger partial charge on any atom is -0.390 e. The third-order valence-electron chi connectivity index (χ3n) is 2.23. The number of anilines is 1. The number of carbonyl (C=O) groups is 1. The van der Waals surface area contributed by atoms with Gasteiger partial charge in [0.2, 0.25) is 5.91 Å². The molecule has 0 aliphatic carbocycles. The minimum absolute atomic E-state index is 0.0546. The highest BCUT2D eigenvalue weighted by Crippen LogP contribution is 2.23. The number of aliphatic hydroxyl groups is 2. The quantitative estimate of drug-likeness (QED) is 0.581. The summed E-state index contributed by atoms with van der Waals surface area (Å²) >= 11 is 5.76. The van der Waals surface area contributed by atoms with Crippen molar-refractivity contribution in [2.24, 2.45) is 0 Å². The predicted molar refractivity (Wildman–Crippen MR) is 65.7 cm³/mol. The van der Waals surface area contributed by atoms with Gasteiger partial charge >= 0.3 is 0 Å². The summed E-state index contributed by atoms with van der Waals surface area (Å²) in [5, 5.41) is 22.0. The summed E-state index contributed by atoms with van der Waals surface area (Å²) in [5.41, 5.74) is 5.42. The van der Waals surface area contributed by atoms with E-state index in [1.54, 1.807) is 0 Å². The monoisotopic (exact) mass is 274 g/mol. The van der Waals surface area contributed by atoms with Gasteiger partial charge in [0.1, 0.15) is 17.6 Å². The van der Waals surface area contributed by atoms with Gasteiger partial charge in [0.25, 0.3) is 0 Å². The lowest BCUT2D eigenvalue weighted by Crippen LogP contribution is -2.28. The van der Waals surface area contributed by atoms with Gasteiger partial charge in [-0.1, -0.05) is 11.6 Å². The van der Waals surface area contributed by atoms with Crippen LogP contribution in [0.1, 0.15) is 25.1 Å². The van der Waals surface area contributed by atoms with Gasteiger partial charge in [-0.2, -0.15) is 0 Å². The Labute approximate surface area is 109 Å². The molecule has 0 saturated carbocycles. The maximum atomic E-state index is 10.6. The van der Waals surface area contributed by atoms with Crippen LogP contribution < -0.4 is 11.1 Å². The van der Waals surface area contributed by atoms with Crippen LogP contribution in [0.2, 0.25) is 5.15 Å². The molecule has 1 amide bonds. The molecule has 0 aliphatic rings. The lowest BCUT2D eigenvalue weighted by molar-refractivity contribution is -0.119. The lowest BCUT2D eigenvalue weighted by atomic mass is 10.1. The highest BCUT2D eigenvalue weighted by Gasteiger charge is 2.22. The zero-order chi connectivity index (χ0) is 13.7. The maximum Gasteiger partial charge on any atom is 0.216 e. The van der Waals surface area contributed by atoms with Crippen LogP contribution in [-0.4, -0.2) is 38.7 Å². The lowest BCUT2D eigenvalue weighted by Gasteiger charge is -2.17. The molecule has 1 aromatic heterocycles. The van der Waals surface area contributed by atoms with Crippen LogP contribution in [-0.2, 0) is 4.79 Å². The molecule has 8 heteroatoms. The number of aromatic nitrogens is 2. The summed E-state index contributed by atoms with van der Waals surface area (Å²) in [6.45, 7) is 1.61. The Morgan fingerprint density at radius 3 is 2.83 bits per heavy atom. The van der Waals surface area contributed by atoms with Crippen molar-refractivity contribution in [3.8, 4) is 0 Å². The number of hydrogen-bond acceptors (Lipinski definition) is 6. The molecule has 0 spiro atoms. The third kappa shape index (κ3) is 4.10. The number of nitrogens with two attached hydrogens (primary N) is 1. The smallest absolute Gasteiger partial charge is 0.216 e. The second kappa shape index (κ2) is 6.48. The average Bonchev–Trinajstić information content (AvgIpc) is 2.27. The summed E-state index contributed by atoms with van der Waals surface area (Å²) in [4.78, 5) is 18.2. The Morgan fingerprint density at radius 1 is 1.61 bits per heavy atom. The predicted octanol–water partition coefficient (Wildman–Crippen LogP) is -0.367. The van der Waals surface area contributed by atoms with Gasteiger partial charge in [0.05, 0.1) is 12.3 Å². The molecule has 7 nitrogen and oxygen atoms in total. The molecule has 1 aromatic rings. The molecule has 2 unspecified atom stereocenters. The Balaban J connectivity index is 2.62. The minimum atomic E-state index is -1.28. The van der Waals surface area contributed by atoms with Crippen molar-refractivity contribution in [1.29, 1.82) is 0 Å². The highest BCUT2D eigenvalue weighted by molar-refractivity contribution is 6.30. The molecule has 0 radical (unpaired) electrons. The van der Waals surface area contributed by atoms with E-state index in [-0.39, 0.29) is 35.5 Å². The van der Waals surface area contributed by atoms with E-state index in [2.05, 4.69) is 15.3 Å². The Hall–Kier alpha value is -1.44. The molecule has 1 heterocycles. The Kier molecular flexibility index (Phi) is 5.26. The van der Waals surface area contributed by atoms with Gasteiger partial charge in [-0.15, -0.1) is 0 Å². The molecule has 0 bridgehead atoms. The SMILES string of the molecule is CC(=O)NCCC(O)C(O)c1ncc(N)nc1Cl. The van der Waals surface area contributed by atoms with E-state index in [0.29, 0.717) is 0 Å². The van der Waals surface area contributed by atoms with Crippen molar-refractivity contribution in [2.75, 3.05) is 12.3 Å². The summed E-state index contributed by atoms with van der Waals surface area (Å²) in [7, 11) is 0. The standard InChI is InChI=1S/C10H15ClN4O3/c1-5(16)13-3-2-6(17)9(18)8-10(11)15-7(12)4-14-8/h4,6,9,17-18H,2-3H2,1H3,(H2,12,15)(H,13,16). The van der Waals surface area contributed by atoms with Crippen LogP contribution >= 0.6 is 11.6 Å². The first-order chi connectivity index (χ1) is 8.41. The van der Waals surface area contributed by atoms with Crippen LogP contribution in [0.15, 0.2) is 6.20 Å². The van der Waals surface area contributed by atoms with Crippen LogP contribution in [0.3, 0.4) is 0 Å². The number of aliphatic hydroxyl groups excluding tert-OH is 2. The van der Waals surface area contributed by atoms with E-state index in [1.165, 1.54) is 13.1 Å². The summed E-state index contributed by atoms with van der Waals surface area (Å²) in [6.07, 6.45) is -0.972. The van der Waals surface area contributed by atoms with Gasteiger partial charge in [-0.05, 0) is 6.42 Å². The summed E-state index contributed by atoms with van der Waals surface area (Å²) in [6, 6.07) is 0. The van der Waals surface area contributed by atoms with Gasteiger partial charge < -0.3 is 21.3 Å². The molecular weight excluding hydrogens is 260 g/mol. The zero-order valence-corrected chi connectivity index (χ0v) is 10.6. The first-order valence-corrected chi connectivity index (χ1v) is 5.68. The molecule has 1 rings (SSSR count). The molecule has 5 N–H and O–H groups in total. The summed E-state index contributed by atoms with van der Waals surface area (Å²) in [5.74, 6) is -0.0781. The van der Waals surface area contributed by atoms with Crippen molar-refractivity contribution in [2.45, 2.75) is 25.6 Å². The third-order valence-corrected chi connectivity index (χ3v) is 2.51. The van der Waals surface area contributed by atoms with Crippen molar-refractivity contribution < 1.29 is 15.0 Å². The van der Waals surface area contributed by atoms with E-state index >= 15 is 0 Å². The molecule has 18 heavy (non-hydrogen) atoms. The molecule has 100 valence electrons. The van der Waals surface area contributed by atoms with E-state index in [4.69, 9.17) is 17.3 Å². The number of nitrogens with one attached hydrogen (secondary N) is 1. The zero-order valence-electron chi connectivity index (χ0n) is 9.80. The van der Waals surface area contributed by atoms with Crippen molar-refractivity contribution in [3.63, 3.8) is 0 Å². The Morgan fingerprint density at radius 2 is 2.28 bits per heavy atom. The van der Waals surface area contributed by atoms with E-state index in [9.17, 15) is 15.0 Å². The fraction of sp³-hybridized carbons (Fsp3) is 0.500. The van der Waals surface area contributed by atoms with Crippen molar-refractivity contribution >= 4 is 23.3 Å². The van der Waals surface area contributed by atoms with E-state index in [0.717, 1.165) is 0 Å². The fourth-order valence-electron chi connectivity index (χ4n) is 1.32. The van der Waals surface area contributed by atoms with Crippen molar-refractivity contribution in [1.82, 2.24) is 15.3 Å². The number of nitrogens with zero attached hydrogens (tertiary/aromatic N) is 2. The molecule has 0 saturated heterocycles.